The molecule has 2 atom stereocenters. The highest BCUT2D eigenvalue weighted by Crippen LogP contribution is 2.40. The molecule has 0 aliphatic carbocycles. The molecule has 7 heteroatoms. The molecule has 180 valence electrons. The Morgan fingerprint density at radius 1 is 1.03 bits per heavy atom. The second kappa shape index (κ2) is 9.37. The number of thiol groups is 1. The normalized spacial score (nSPS) is 24.0. The summed E-state index contributed by atoms with van der Waals surface area (Å²) >= 11 is 4.82. The topological polar surface area (TPSA) is 65.5 Å². The van der Waals surface area contributed by atoms with E-state index in [0.29, 0.717) is 25.3 Å². The van der Waals surface area contributed by atoms with Crippen molar-refractivity contribution < 1.29 is 9.59 Å². The molecule has 4 heterocycles. The van der Waals surface area contributed by atoms with Crippen molar-refractivity contribution in [2.45, 2.75) is 56.1 Å². The fourth-order valence-corrected chi connectivity index (χ4v) is 6.55. The number of likely N-dealkylation sites (tertiary alicyclic amines) is 1. The summed E-state index contributed by atoms with van der Waals surface area (Å²) in [5, 5.41) is 4.92. The van der Waals surface area contributed by atoms with Crippen molar-refractivity contribution in [2.75, 3.05) is 13.1 Å². The number of piperidine rings is 2. The van der Waals surface area contributed by atoms with E-state index in [0.717, 1.165) is 32.5 Å². The predicted molar refractivity (Wildman–Crippen MR) is 139 cm³/mol. The summed E-state index contributed by atoms with van der Waals surface area (Å²) in [4.78, 5) is 32.9. The number of hydrogen-bond acceptors (Lipinski definition) is 6. The smallest absolute Gasteiger partial charge is 0.243 e. The molecule has 6 rings (SSSR count). The van der Waals surface area contributed by atoms with Gasteiger partial charge in [0.05, 0.1) is 11.4 Å². The minimum absolute atomic E-state index is 0.116. The minimum atomic E-state index is -0.296. The van der Waals surface area contributed by atoms with Gasteiger partial charge in [-0.1, -0.05) is 36.4 Å². The van der Waals surface area contributed by atoms with E-state index in [1.807, 2.05) is 12.4 Å². The Bertz CT molecular complexity index is 1280. The molecule has 6 nitrogen and oxygen atoms in total. The monoisotopic (exact) mass is 486 g/mol. The summed E-state index contributed by atoms with van der Waals surface area (Å²) in [5.74, 6) is 0.213. The molecule has 2 amide bonds. The van der Waals surface area contributed by atoms with Crippen LogP contribution in [0.1, 0.15) is 59.2 Å². The van der Waals surface area contributed by atoms with Crippen molar-refractivity contribution in [3.05, 3.63) is 77.1 Å². The Morgan fingerprint density at radius 2 is 1.89 bits per heavy atom. The van der Waals surface area contributed by atoms with Gasteiger partial charge in [0.2, 0.25) is 11.8 Å². The van der Waals surface area contributed by atoms with E-state index < -0.39 is 0 Å². The maximum Gasteiger partial charge on any atom is 0.243 e. The fourth-order valence-electron chi connectivity index (χ4n) is 6.05. The second-order valence-corrected chi connectivity index (χ2v) is 10.5. The van der Waals surface area contributed by atoms with Crippen molar-refractivity contribution in [1.29, 1.82) is 0 Å². The highest BCUT2D eigenvalue weighted by atomic mass is 32.1. The summed E-state index contributed by atoms with van der Waals surface area (Å²) in [6.07, 6.45) is 7.12. The van der Waals surface area contributed by atoms with Gasteiger partial charge in [0.25, 0.3) is 0 Å². The van der Waals surface area contributed by atoms with Gasteiger partial charge in [-0.25, -0.2) is 0 Å². The first-order valence-electron chi connectivity index (χ1n) is 12.5. The zero-order chi connectivity index (χ0) is 23.9. The van der Waals surface area contributed by atoms with Crippen molar-refractivity contribution >= 4 is 35.2 Å². The highest BCUT2D eigenvalue weighted by Gasteiger charge is 2.39. The van der Waals surface area contributed by atoms with Crippen LogP contribution in [0, 0.1) is 0 Å². The first-order chi connectivity index (χ1) is 17.1. The number of pyridine rings is 1. The predicted octanol–water partition coefficient (Wildman–Crippen LogP) is 4.16. The number of aromatic nitrogens is 1. The summed E-state index contributed by atoms with van der Waals surface area (Å²) in [5.41, 5.74) is 5.18. The van der Waals surface area contributed by atoms with Gasteiger partial charge >= 0.3 is 0 Å². The molecule has 0 radical (unpaired) electrons. The van der Waals surface area contributed by atoms with Crippen molar-refractivity contribution in [2.24, 2.45) is 0 Å². The van der Waals surface area contributed by atoms with Crippen LogP contribution in [0.2, 0.25) is 0 Å². The zero-order valence-corrected chi connectivity index (χ0v) is 20.6. The van der Waals surface area contributed by atoms with E-state index >= 15 is 0 Å². The number of fused-ring (bicyclic) bond motifs is 2. The molecule has 2 aromatic carbocycles. The van der Waals surface area contributed by atoms with E-state index in [-0.39, 0.29) is 23.2 Å². The molecule has 0 spiro atoms. The molecular weight excluding hydrogens is 456 g/mol. The van der Waals surface area contributed by atoms with E-state index in [1.165, 1.54) is 33.0 Å². The maximum atomic E-state index is 12.4. The first-order valence-corrected chi connectivity index (χ1v) is 13.0. The lowest BCUT2D eigenvalue weighted by Crippen LogP contribution is -2.51. The van der Waals surface area contributed by atoms with Crippen LogP contribution in [0.5, 0.6) is 0 Å². The second-order valence-electron chi connectivity index (χ2n) is 10.0. The molecule has 3 aliphatic rings. The Kier molecular flexibility index (Phi) is 6.08. The first kappa shape index (κ1) is 22.7. The van der Waals surface area contributed by atoms with Crippen molar-refractivity contribution in [1.82, 2.24) is 20.1 Å². The SMILES string of the molecule is O=C1CCC(N2Cc3cc(CN4CCC(c5cccc6cnccc56)CC4)ccc3C2S)C(=O)N1. The lowest BCUT2D eigenvalue weighted by Gasteiger charge is -2.32. The molecule has 35 heavy (non-hydrogen) atoms. The van der Waals surface area contributed by atoms with Crippen LogP contribution in [0.25, 0.3) is 10.8 Å². The van der Waals surface area contributed by atoms with Gasteiger partial charge in [0.1, 0.15) is 0 Å². The number of nitrogens with zero attached hydrogens (tertiary/aromatic N) is 3. The summed E-state index contributed by atoms with van der Waals surface area (Å²) in [7, 11) is 0. The van der Waals surface area contributed by atoms with Crippen LogP contribution in [0.15, 0.2) is 54.9 Å². The molecular formula is C28H30N4O2S. The van der Waals surface area contributed by atoms with Gasteiger partial charge in [-0.2, -0.15) is 12.6 Å². The lowest BCUT2D eigenvalue weighted by molar-refractivity contribution is -0.137. The van der Waals surface area contributed by atoms with E-state index in [9.17, 15) is 9.59 Å². The summed E-state index contributed by atoms with van der Waals surface area (Å²) < 4.78 is 0. The van der Waals surface area contributed by atoms with E-state index in [1.54, 1.807) is 0 Å². The average molecular weight is 487 g/mol. The summed E-state index contributed by atoms with van der Waals surface area (Å²) in [6, 6.07) is 15.1. The number of carbonyl (C=O) groups is 2. The van der Waals surface area contributed by atoms with Crippen LogP contribution < -0.4 is 5.32 Å². The maximum absolute atomic E-state index is 12.4. The highest BCUT2D eigenvalue weighted by molar-refractivity contribution is 7.80. The van der Waals surface area contributed by atoms with Gasteiger partial charge in [-0.05, 0) is 72.0 Å². The molecule has 0 saturated carbocycles. The molecule has 2 unspecified atom stereocenters. The Labute approximate surface area is 211 Å². The van der Waals surface area contributed by atoms with Crippen LogP contribution in [0.3, 0.4) is 0 Å². The summed E-state index contributed by atoms with van der Waals surface area (Å²) in [6.45, 7) is 3.80. The average Bonchev–Trinajstić information content (AvgIpc) is 3.19. The van der Waals surface area contributed by atoms with Crippen LogP contribution >= 0.6 is 12.6 Å². The van der Waals surface area contributed by atoms with Gasteiger partial charge in [0.15, 0.2) is 0 Å². The van der Waals surface area contributed by atoms with Gasteiger partial charge in [0, 0.05) is 37.3 Å². The fraction of sp³-hybridized carbons (Fsp3) is 0.393. The number of nitrogens with one attached hydrogen (secondary N) is 1. The standard InChI is InChI=1S/C28H30N4O2S/c33-26-7-6-25(27(34)30-26)32-17-21-14-18(4-5-24(21)28(32)35)16-31-12-9-19(10-13-31)22-3-1-2-20-15-29-11-8-23(20)22/h1-5,8,11,14-15,19,25,28,35H,6-7,9-10,12-13,16-17H2,(H,30,33,34). The lowest BCUT2D eigenvalue weighted by atomic mass is 9.86. The zero-order valence-electron chi connectivity index (χ0n) is 19.7. The van der Waals surface area contributed by atoms with Gasteiger partial charge in [-0.15, -0.1) is 0 Å². The Morgan fingerprint density at radius 3 is 2.71 bits per heavy atom. The van der Waals surface area contributed by atoms with Crippen LogP contribution in [-0.2, 0) is 22.7 Å². The largest absolute Gasteiger partial charge is 0.299 e. The number of imide groups is 1. The molecule has 3 aromatic rings. The third-order valence-electron chi connectivity index (χ3n) is 7.91. The molecule has 2 fully saturated rings. The van der Waals surface area contributed by atoms with Crippen molar-refractivity contribution in [3.63, 3.8) is 0 Å². The van der Waals surface area contributed by atoms with E-state index in [4.69, 9.17) is 12.6 Å². The van der Waals surface area contributed by atoms with E-state index in [2.05, 4.69) is 62.6 Å². The van der Waals surface area contributed by atoms with Gasteiger partial charge in [-0.3, -0.25) is 29.7 Å². The Balaban J connectivity index is 1.10. The van der Waals surface area contributed by atoms with Crippen molar-refractivity contribution in [3.8, 4) is 0 Å². The number of rotatable bonds is 4. The molecule has 0 bridgehead atoms. The third-order valence-corrected chi connectivity index (χ3v) is 8.49. The van der Waals surface area contributed by atoms with Crippen LogP contribution in [0.4, 0.5) is 0 Å². The quantitative estimate of drug-likeness (QED) is 0.428. The molecule has 3 aliphatic heterocycles. The number of carbonyl (C=O) groups excluding carboxylic acids is 2. The number of amides is 2. The molecule has 1 N–H and O–H groups in total. The minimum Gasteiger partial charge on any atom is -0.299 e. The molecule has 2 saturated heterocycles. The third kappa shape index (κ3) is 4.37. The number of benzene rings is 2. The van der Waals surface area contributed by atoms with Gasteiger partial charge < -0.3 is 0 Å². The number of hydrogen-bond donors (Lipinski definition) is 2. The molecule has 1 aromatic heterocycles. The van der Waals surface area contributed by atoms with Crippen LogP contribution in [-0.4, -0.2) is 45.7 Å². The Hall–Kier alpha value is -2.74.